The molecule has 0 saturated carbocycles. The molecule has 0 unspecified atom stereocenters. The van der Waals surface area contributed by atoms with Crippen molar-refractivity contribution in [3.05, 3.63) is 53.1 Å². The Hall–Kier alpha value is -3.22. The van der Waals surface area contributed by atoms with Gasteiger partial charge in [-0.2, -0.15) is 5.06 Å². The number of carbonyl (C=O) groups excluding carboxylic acids is 2. The number of benzene rings is 2. The molecule has 0 fully saturated rings. The van der Waals surface area contributed by atoms with E-state index in [2.05, 4.69) is 0 Å². The van der Waals surface area contributed by atoms with Gasteiger partial charge in [0.15, 0.2) is 11.5 Å². The third kappa shape index (κ3) is 2.96. The van der Waals surface area contributed by atoms with Gasteiger partial charge in [-0.3, -0.25) is 4.79 Å². The highest BCUT2D eigenvalue weighted by Crippen LogP contribution is 2.38. The van der Waals surface area contributed by atoms with Crippen LogP contribution in [-0.2, 0) is 11.4 Å². The lowest BCUT2D eigenvalue weighted by atomic mass is 10.1. The van der Waals surface area contributed by atoms with Gasteiger partial charge < -0.3 is 19.0 Å². The first-order chi connectivity index (χ1) is 12.1. The van der Waals surface area contributed by atoms with Crippen molar-refractivity contribution in [1.82, 2.24) is 5.06 Å². The summed E-state index contributed by atoms with van der Waals surface area (Å²) in [5.41, 5.74) is 1.43. The van der Waals surface area contributed by atoms with Crippen LogP contribution in [0.5, 0.6) is 17.2 Å². The van der Waals surface area contributed by atoms with Crippen LogP contribution in [0.25, 0.3) is 0 Å². The van der Waals surface area contributed by atoms with Crippen LogP contribution in [-0.4, -0.2) is 38.3 Å². The van der Waals surface area contributed by atoms with Crippen molar-refractivity contribution in [3.63, 3.8) is 0 Å². The summed E-state index contributed by atoms with van der Waals surface area (Å²) in [5.74, 6) is 0.00940. The second-order valence-corrected chi connectivity index (χ2v) is 5.29. The van der Waals surface area contributed by atoms with Crippen LogP contribution in [0.1, 0.15) is 26.3 Å². The maximum atomic E-state index is 12.8. The number of nitrogens with zero attached hydrogens (tertiary/aromatic N) is 1. The Labute approximate surface area is 144 Å². The van der Waals surface area contributed by atoms with Crippen molar-refractivity contribution >= 4 is 11.9 Å². The van der Waals surface area contributed by atoms with Crippen LogP contribution in [0.3, 0.4) is 0 Å². The summed E-state index contributed by atoms with van der Waals surface area (Å²) in [6.45, 7) is 0.164. The number of methoxy groups -OCH3 is 3. The SMILES string of the molecule is COc1cc(C(=O)N2Cc3ccccc3C(=O)O2)cc(OC)c1OC. The molecule has 2 aromatic carbocycles. The van der Waals surface area contributed by atoms with Crippen LogP contribution >= 0.6 is 0 Å². The minimum absolute atomic E-state index is 0.164. The summed E-state index contributed by atoms with van der Waals surface area (Å²) < 4.78 is 15.7. The summed E-state index contributed by atoms with van der Waals surface area (Å²) in [6, 6.07) is 10.0. The van der Waals surface area contributed by atoms with Gasteiger partial charge in [-0.05, 0) is 23.8 Å². The summed E-state index contributed by atoms with van der Waals surface area (Å²) in [6.07, 6.45) is 0. The normalized spacial score (nSPS) is 12.9. The van der Waals surface area contributed by atoms with E-state index in [1.165, 1.54) is 33.5 Å². The number of carbonyl (C=O) groups is 2. The van der Waals surface area contributed by atoms with E-state index in [1.807, 2.05) is 0 Å². The molecule has 0 radical (unpaired) electrons. The predicted octanol–water partition coefficient (Wildman–Crippen LogP) is 2.44. The zero-order chi connectivity index (χ0) is 18.0. The van der Waals surface area contributed by atoms with Crippen LogP contribution in [0, 0.1) is 0 Å². The average Bonchev–Trinajstić information content (AvgIpc) is 2.66. The van der Waals surface area contributed by atoms with Gasteiger partial charge in [0.2, 0.25) is 5.75 Å². The minimum Gasteiger partial charge on any atom is -0.493 e. The molecule has 1 aliphatic heterocycles. The molecule has 0 bridgehead atoms. The number of fused-ring (bicyclic) bond motifs is 1. The van der Waals surface area contributed by atoms with E-state index in [0.717, 1.165) is 10.6 Å². The van der Waals surface area contributed by atoms with Crippen molar-refractivity contribution in [2.45, 2.75) is 6.54 Å². The van der Waals surface area contributed by atoms with E-state index >= 15 is 0 Å². The predicted molar refractivity (Wildman–Crippen MR) is 87.8 cm³/mol. The highest BCUT2D eigenvalue weighted by molar-refractivity contribution is 5.98. The quantitative estimate of drug-likeness (QED) is 0.849. The number of hydrogen-bond donors (Lipinski definition) is 0. The number of rotatable bonds is 4. The Balaban J connectivity index is 1.95. The van der Waals surface area contributed by atoms with Gasteiger partial charge in [-0.15, -0.1) is 0 Å². The van der Waals surface area contributed by atoms with Crippen molar-refractivity contribution in [2.75, 3.05) is 21.3 Å². The van der Waals surface area contributed by atoms with Crippen LogP contribution in [0.2, 0.25) is 0 Å². The third-order valence-corrected chi connectivity index (χ3v) is 3.88. The fourth-order valence-corrected chi connectivity index (χ4v) is 2.66. The van der Waals surface area contributed by atoms with Crippen molar-refractivity contribution in [2.24, 2.45) is 0 Å². The molecule has 7 nitrogen and oxygen atoms in total. The summed E-state index contributed by atoms with van der Waals surface area (Å²) in [4.78, 5) is 30.0. The van der Waals surface area contributed by atoms with E-state index in [9.17, 15) is 9.59 Å². The van der Waals surface area contributed by atoms with Gasteiger partial charge in [0.1, 0.15) is 0 Å². The Morgan fingerprint density at radius 1 is 1.04 bits per heavy atom. The van der Waals surface area contributed by atoms with Gasteiger partial charge in [0.05, 0.1) is 39.0 Å². The van der Waals surface area contributed by atoms with E-state index < -0.39 is 11.9 Å². The summed E-state index contributed by atoms with van der Waals surface area (Å²) in [7, 11) is 4.40. The maximum Gasteiger partial charge on any atom is 0.363 e. The molecule has 3 rings (SSSR count). The molecular formula is C18H17NO6. The number of amides is 1. The molecule has 0 aromatic heterocycles. The van der Waals surface area contributed by atoms with E-state index in [4.69, 9.17) is 19.0 Å². The minimum atomic E-state index is -0.567. The molecule has 0 aliphatic carbocycles. The lowest BCUT2D eigenvalue weighted by molar-refractivity contribution is -0.0930. The fourth-order valence-electron chi connectivity index (χ4n) is 2.66. The van der Waals surface area contributed by atoms with Crippen molar-refractivity contribution in [3.8, 4) is 17.2 Å². The molecule has 1 amide bonds. The average molecular weight is 343 g/mol. The summed E-state index contributed by atoms with van der Waals surface area (Å²) >= 11 is 0. The second-order valence-electron chi connectivity index (χ2n) is 5.29. The Morgan fingerprint density at radius 3 is 2.28 bits per heavy atom. The molecule has 0 spiro atoms. The molecule has 2 aromatic rings. The molecule has 0 saturated heterocycles. The smallest absolute Gasteiger partial charge is 0.363 e. The van der Waals surface area contributed by atoms with Gasteiger partial charge in [0.25, 0.3) is 5.91 Å². The topological polar surface area (TPSA) is 74.3 Å². The van der Waals surface area contributed by atoms with E-state index in [0.29, 0.717) is 22.8 Å². The first kappa shape index (κ1) is 16.6. The molecule has 25 heavy (non-hydrogen) atoms. The molecule has 7 heteroatoms. The molecule has 1 aliphatic rings. The molecule has 130 valence electrons. The van der Waals surface area contributed by atoms with Crippen LogP contribution < -0.4 is 14.2 Å². The first-order valence-electron chi connectivity index (χ1n) is 7.51. The van der Waals surface area contributed by atoms with Gasteiger partial charge >= 0.3 is 5.97 Å². The number of hydrogen-bond acceptors (Lipinski definition) is 6. The molecular weight excluding hydrogens is 326 g/mol. The van der Waals surface area contributed by atoms with Gasteiger partial charge in [-0.1, -0.05) is 18.2 Å². The van der Waals surface area contributed by atoms with Gasteiger partial charge in [0, 0.05) is 0 Å². The highest BCUT2D eigenvalue weighted by atomic mass is 16.7. The lowest BCUT2D eigenvalue weighted by Gasteiger charge is -2.27. The zero-order valence-corrected chi connectivity index (χ0v) is 14.1. The summed E-state index contributed by atoms with van der Waals surface area (Å²) in [5, 5.41) is 1.02. The Kier molecular flexibility index (Phi) is 4.47. The molecule has 0 N–H and O–H groups in total. The van der Waals surface area contributed by atoms with Crippen LogP contribution in [0.15, 0.2) is 36.4 Å². The van der Waals surface area contributed by atoms with Crippen molar-refractivity contribution in [1.29, 1.82) is 0 Å². The number of hydroxylamine groups is 2. The Morgan fingerprint density at radius 2 is 1.68 bits per heavy atom. The molecule has 0 atom stereocenters. The lowest BCUT2D eigenvalue weighted by Crippen LogP contribution is -2.37. The number of ether oxygens (including phenoxy) is 3. The highest BCUT2D eigenvalue weighted by Gasteiger charge is 2.30. The van der Waals surface area contributed by atoms with Crippen molar-refractivity contribution < 1.29 is 28.6 Å². The first-order valence-corrected chi connectivity index (χ1v) is 7.51. The fraction of sp³-hybridized carbons (Fsp3) is 0.222. The van der Waals surface area contributed by atoms with E-state index in [-0.39, 0.29) is 12.1 Å². The molecule has 1 heterocycles. The van der Waals surface area contributed by atoms with Gasteiger partial charge in [-0.25, -0.2) is 4.79 Å². The maximum absolute atomic E-state index is 12.8. The zero-order valence-electron chi connectivity index (χ0n) is 14.1. The van der Waals surface area contributed by atoms with Crippen LogP contribution in [0.4, 0.5) is 0 Å². The van der Waals surface area contributed by atoms with E-state index in [1.54, 1.807) is 24.3 Å². The largest absolute Gasteiger partial charge is 0.493 e. The monoisotopic (exact) mass is 343 g/mol. The Bertz CT molecular complexity index is 807. The standard InChI is InChI=1S/C18H17NO6/c1-22-14-8-12(9-15(23-2)16(14)24-3)17(20)19-10-11-6-4-5-7-13(11)18(21)25-19/h4-9H,10H2,1-3H3. The third-order valence-electron chi connectivity index (χ3n) is 3.88. The second kappa shape index (κ2) is 6.72.